The van der Waals surface area contributed by atoms with Crippen LogP contribution in [0, 0.1) is 0 Å². The van der Waals surface area contributed by atoms with Crippen molar-refractivity contribution in [3.05, 3.63) is 70.8 Å². The lowest BCUT2D eigenvalue weighted by atomic mass is 9.99. The van der Waals surface area contributed by atoms with Gasteiger partial charge in [0, 0.05) is 32.2 Å². The first-order valence-corrected chi connectivity index (χ1v) is 7.36. The van der Waals surface area contributed by atoms with Crippen LogP contribution in [-0.2, 0) is 19.5 Å². The van der Waals surface area contributed by atoms with Crippen LogP contribution in [0.15, 0.2) is 48.5 Å². The second-order valence-electron chi connectivity index (χ2n) is 5.51. The van der Waals surface area contributed by atoms with Crippen LogP contribution in [0.25, 0.3) is 0 Å². The Bertz CT molecular complexity index is 634. The molecule has 2 aromatic carbocycles. The summed E-state index contributed by atoms with van der Waals surface area (Å²) >= 11 is 0. The second-order valence-corrected chi connectivity index (χ2v) is 5.51. The molecule has 0 radical (unpaired) electrons. The number of amides is 1. The molecule has 0 unspecified atom stereocenters. The highest BCUT2D eigenvalue weighted by Gasteiger charge is 2.15. The van der Waals surface area contributed by atoms with Crippen molar-refractivity contribution in [2.24, 2.45) is 0 Å². The Morgan fingerprint density at radius 1 is 1.10 bits per heavy atom. The fourth-order valence-electron chi connectivity index (χ4n) is 2.85. The van der Waals surface area contributed by atoms with E-state index in [0.717, 1.165) is 26.1 Å². The molecule has 1 aliphatic rings. The van der Waals surface area contributed by atoms with E-state index in [1.807, 2.05) is 24.3 Å². The van der Waals surface area contributed by atoms with Crippen LogP contribution in [0.5, 0.6) is 0 Å². The Hall–Kier alpha value is -2.13. The fraction of sp³-hybridized carbons (Fsp3) is 0.278. The maximum Gasteiger partial charge on any atom is 0.251 e. The second kappa shape index (κ2) is 6.10. The Morgan fingerprint density at radius 3 is 2.52 bits per heavy atom. The summed E-state index contributed by atoms with van der Waals surface area (Å²) in [5, 5.41) is 2.64. The number of hydrogen-bond donors (Lipinski definition) is 1. The monoisotopic (exact) mass is 280 g/mol. The van der Waals surface area contributed by atoms with E-state index >= 15 is 0 Å². The number of nitrogens with one attached hydrogen (secondary N) is 1. The molecule has 0 saturated heterocycles. The normalized spacial score (nSPS) is 14.5. The van der Waals surface area contributed by atoms with Crippen LogP contribution in [0.3, 0.4) is 0 Å². The van der Waals surface area contributed by atoms with Crippen LogP contribution in [-0.4, -0.2) is 24.4 Å². The van der Waals surface area contributed by atoms with Gasteiger partial charge in [0.1, 0.15) is 0 Å². The molecule has 1 aliphatic heterocycles. The van der Waals surface area contributed by atoms with Gasteiger partial charge in [-0.1, -0.05) is 36.4 Å². The zero-order chi connectivity index (χ0) is 14.7. The SMILES string of the molecule is CNC(=O)c1ccc(CN2CCc3ccccc3C2)cc1. The van der Waals surface area contributed by atoms with Crippen LogP contribution < -0.4 is 5.32 Å². The molecular weight excluding hydrogens is 260 g/mol. The Balaban J connectivity index is 1.66. The summed E-state index contributed by atoms with van der Waals surface area (Å²) < 4.78 is 0. The van der Waals surface area contributed by atoms with Gasteiger partial charge in [0.2, 0.25) is 0 Å². The van der Waals surface area contributed by atoms with Gasteiger partial charge in [0.05, 0.1) is 0 Å². The molecule has 0 atom stereocenters. The molecule has 108 valence electrons. The number of carbonyl (C=O) groups excluding carboxylic acids is 1. The summed E-state index contributed by atoms with van der Waals surface area (Å²) in [6.07, 6.45) is 1.12. The van der Waals surface area contributed by atoms with E-state index in [4.69, 9.17) is 0 Å². The largest absolute Gasteiger partial charge is 0.355 e. The average Bonchev–Trinajstić information content (AvgIpc) is 2.55. The topological polar surface area (TPSA) is 32.3 Å². The van der Waals surface area contributed by atoms with Gasteiger partial charge < -0.3 is 5.32 Å². The molecule has 1 heterocycles. The molecule has 0 spiro atoms. The Morgan fingerprint density at radius 2 is 1.81 bits per heavy atom. The summed E-state index contributed by atoms with van der Waals surface area (Å²) in [5.41, 5.74) is 4.88. The van der Waals surface area contributed by atoms with E-state index in [1.54, 1.807) is 7.05 Å². The zero-order valence-corrected chi connectivity index (χ0v) is 12.3. The first-order chi connectivity index (χ1) is 10.3. The van der Waals surface area contributed by atoms with Crippen molar-refractivity contribution < 1.29 is 4.79 Å². The molecule has 2 aromatic rings. The molecule has 3 nitrogen and oxygen atoms in total. The van der Waals surface area contributed by atoms with Gasteiger partial charge in [-0.25, -0.2) is 0 Å². The highest BCUT2D eigenvalue weighted by molar-refractivity contribution is 5.93. The third kappa shape index (κ3) is 3.14. The number of fused-ring (bicyclic) bond motifs is 1. The number of nitrogens with zero attached hydrogens (tertiary/aromatic N) is 1. The van der Waals surface area contributed by atoms with E-state index < -0.39 is 0 Å². The third-order valence-corrected chi connectivity index (χ3v) is 4.06. The third-order valence-electron chi connectivity index (χ3n) is 4.06. The van der Waals surface area contributed by atoms with E-state index in [9.17, 15) is 4.79 Å². The average molecular weight is 280 g/mol. The summed E-state index contributed by atoms with van der Waals surface area (Å²) in [6, 6.07) is 16.6. The minimum absolute atomic E-state index is 0.0338. The van der Waals surface area contributed by atoms with Crippen molar-refractivity contribution in [2.45, 2.75) is 19.5 Å². The van der Waals surface area contributed by atoms with Crippen molar-refractivity contribution in [3.63, 3.8) is 0 Å². The van der Waals surface area contributed by atoms with E-state index in [0.29, 0.717) is 5.56 Å². The van der Waals surface area contributed by atoms with Crippen molar-refractivity contribution in [2.75, 3.05) is 13.6 Å². The van der Waals surface area contributed by atoms with Gasteiger partial charge in [-0.2, -0.15) is 0 Å². The highest BCUT2D eigenvalue weighted by Crippen LogP contribution is 2.20. The first-order valence-electron chi connectivity index (χ1n) is 7.36. The smallest absolute Gasteiger partial charge is 0.251 e. The molecule has 1 N–H and O–H groups in total. The summed E-state index contributed by atoms with van der Waals surface area (Å²) in [4.78, 5) is 14.0. The molecule has 0 bridgehead atoms. The van der Waals surface area contributed by atoms with E-state index in [1.165, 1.54) is 16.7 Å². The van der Waals surface area contributed by atoms with Gasteiger partial charge in [-0.15, -0.1) is 0 Å². The molecule has 21 heavy (non-hydrogen) atoms. The summed E-state index contributed by atoms with van der Waals surface area (Å²) in [5.74, 6) is -0.0338. The minimum Gasteiger partial charge on any atom is -0.355 e. The van der Waals surface area contributed by atoms with Crippen molar-refractivity contribution >= 4 is 5.91 Å². The first kappa shape index (κ1) is 13.8. The molecule has 0 saturated carbocycles. The van der Waals surface area contributed by atoms with E-state index in [2.05, 4.69) is 34.5 Å². The lowest BCUT2D eigenvalue weighted by Gasteiger charge is -2.28. The van der Waals surface area contributed by atoms with Crippen LogP contribution in [0.2, 0.25) is 0 Å². The zero-order valence-electron chi connectivity index (χ0n) is 12.3. The van der Waals surface area contributed by atoms with Gasteiger partial charge in [-0.05, 0) is 35.2 Å². The van der Waals surface area contributed by atoms with Gasteiger partial charge in [0.15, 0.2) is 0 Å². The molecule has 3 rings (SSSR count). The van der Waals surface area contributed by atoms with Gasteiger partial charge in [-0.3, -0.25) is 9.69 Å². The lowest BCUT2D eigenvalue weighted by Crippen LogP contribution is -2.30. The van der Waals surface area contributed by atoms with Crippen LogP contribution >= 0.6 is 0 Å². The molecular formula is C18H20N2O. The van der Waals surface area contributed by atoms with Crippen molar-refractivity contribution in [1.82, 2.24) is 10.2 Å². The number of benzene rings is 2. The fourth-order valence-corrected chi connectivity index (χ4v) is 2.85. The predicted octanol–water partition coefficient (Wildman–Crippen LogP) is 2.60. The molecule has 0 aromatic heterocycles. The quantitative estimate of drug-likeness (QED) is 0.937. The maximum absolute atomic E-state index is 11.5. The lowest BCUT2D eigenvalue weighted by molar-refractivity contribution is 0.0963. The summed E-state index contributed by atoms with van der Waals surface area (Å²) in [7, 11) is 1.65. The molecule has 3 heteroatoms. The predicted molar refractivity (Wildman–Crippen MR) is 84.1 cm³/mol. The Labute approximate surface area is 125 Å². The van der Waals surface area contributed by atoms with Crippen LogP contribution in [0.4, 0.5) is 0 Å². The van der Waals surface area contributed by atoms with Gasteiger partial charge >= 0.3 is 0 Å². The highest BCUT2D eigenvalue weighted by atomic mass is 16.1. The van der Waals surface area contributed by atoms with Crippen molar-refractivity contribution in [1.29, 1.82) is 0 Å². The maximum atomic E-state index is 11.5. The molecule has 0 aliphatic carbocycles. The van der Waals surface area contributed by atoms with E-state index in [-0.39, 0.29) is 5.91 Å². The van der Waals surface area contributed by atoms with Crippen LogP contribution in [0.1, 0.15) is 27.0 Å². The standard InChI is InChI=1S/C18H20N2O/c1-19-18(21)16-8-6-14(7-9-16)12-20-11-10-15-4-2-3-5-17(15)13-20/h2-9H,10-13H2,1H3,(H,19,21). The Kier molecular flexibility index (Phi) is 4.02. The summed E-state index contributed by atoms with van der Waals surface area (Å²) in [6.45, 7) is 3.03. The van der Waals surface area contributed by atoms with Crippen molar-refractivity contribution in [3.8, 4) is 0 Å². The number of rotatable bonds is 3. The molecule has 1 amide bonds. The number of carbonyl (C=O) groups is 1. The van der Waals surface area contributed by atoms with Gasteiger partial charge in [0.25, 0.3) is 5.91 Å². The number of hydrogen-bond acceptors (Lipinski definition) is 2. The molecule has 0 fully saturated rings. The minimum atomic E-state index is -0.0338.